The molecule has 0 saturated carbocycles. The summed E-state index contributed by atoms with van der Waals surface area (Å²) in [7, 11) is 0. The third kappa shape index (κ3) is 4.65. The lowest BCUT2D eigenvalue weighted by atomic mass is 9.86. The summed E-state index contributed by atoms with van der Waals surface area (Å²) in [5, 5.41) is 0. The van der Waals surface area contributed by atoms with Gasteiger partial charge in [0.05, 0.1) is 18.8 Å². The standard InChI is InChI=1S/C19H30N2O/c1-5-21(6-2)12-14-22-13-11-18-17-10-8-7-9-16(17)15-19(3,4)20-18/h7-10H,5-6,11-15H2,1-4H3. The highest BCUT2D eigenvalue weighted by Gasteiger charge is 2.25. The second-order valence-corrected chi connectivity index (χ2v) is 6.59. The molecule has 0 radical (unpaired) electrons. The average Bonchev–Trinajstić information content (AvgIpc) is 2.49. The zero-order chi connectivity index (χ0) is 16.0. The predicted octanol–water partition coefficient (Wildman–Crippen LogP) is 3.56. The zero-order valence-corrected chi connectivity index (χ0v) is 14.6. The summed E-state index contributed by atoms with van der Waals surface area (Å²) in [6.07, 6.45) is 1.92. The van der Waals surface area contributed by atoms with Crippen molar-refractivity contribution in [3.63, 3.8) is 0 Å². The van der Waals surface area contributed by atoms with Gasteiger partial charge in [-0.1, -0.05) is 38.1 Å². The fraction of sp³-hybridized carbons (Fsp3) is 0.632. The fourth-order valence-corrected chi connectivity index (χ4v) is 3.08. The highest BCUT2D eigenvalue weighted by Crippen LogP contribution is 2.27. The molecule has 3 nitrogen and oxygen atoms in total. The van der Waals surface area contributed by atoms with Crippen molar-refractivity contribution in [3.8, 4) is 0 Å². The van der Waals surface area contributed by atoms with Crippen LogP contribution in [0.25, 0.3) is 0 Å². The Labute approximate surface area is 135 Å². The van der Waals surface area contributed by atoms with E-state index in [9.17, 15) is 0 Å². The highest BCUT2D eigenvalue weighted by molar-refractivity contribution is 6.03. The zero-order valence-electron chi connectivity index (χ0n) is 14.6. The van der Waals surface area contributed by atoms with Gasteiger partial charge in [-0.05, 0) is 44.5 Å². The van der Waals surface area contributed by atoms with Gasteiger partial charge < -0.3 is 9.64 Å². The molecule has 0 aliphatic carbocycles. The van der Waals surface area contributed by atoms with Crippen LogP contribution in [0.4, 0.5) is 0 Å². The maximum absolute atomic E-state index is 5.83. The molecule has 1 aliphatic rings. The van der Waals surface area contributed by atoms with E-state index in [1.807, 2.05) is 0 Å². The van der Waals surface area contributed by atoms with Crippen LogP contribution in [0.3, 0.4) is 0 Å². The summed E-state index contributed by atoms with van der Waals surface area (Å²) in [6.45, 7) is 13.6. The lowest BCUT2D eigenvalue weighted by Gasteiger charge is -2.29. The van der Waals surface area contributed by atoms with E-state index in [0.717, 1.165) is 45.7 Å². The van der Waals surface area contributed by atoms with Crippen molar-refractivity contribution in [2.45, 2.75) is 46.1 Å². The van der Waals surface area contributed by atoms with Gasteiger partial charge in [0.2, 0.25) is 0 Å². The minimum absolute atomic E-state index is 0.00487. The molecule has 1 heterocycles. The number of likely N-dealkylation sites (N-methyl/N-ethyl adjacent to an activating group) is 1. The highest BCUT2D eigenvalue weighted by atomic mass is 16.5. The van der Waals surface area contributed by atoms with Crippen LogP contribution in [-0.2, 0) is 11.2 Å². The van der Waals surface area contributed by atoms with Gasteiger partial charge in [-0.25, -0.2) is 0 Å². The van der Waals surface area contributed by atoms with Crippen LogP contribution < -0.4 is 0 Å². The maximum atomic E-state index is 5.83. The van der Waals surface area contributed by atoms with E-state index in [-0.39, 0.29) is 5.54 Å². The Morgan fingerprint density at radius 2 is 1.86 bits per heavy atom. The molecule has 122 valence electrons. The van der Waals surface area contributed by atoms with Crippen molar-refractivity contribution in [2.75, 3.05) is 32.8 Å². The maximum Gasteiger partial charge on any atom is 0.0596 e. The summed E-state index contributed by atoms with van der Waals surface area (Å²) in [6, 6.07) is 8.65. The van der Waals surface area contributed by atoms with Gasteiger partial charge in [-0.15, -0.1) is 0 Å². The van der Waals surface area contributed by atoms with E-state index in [4.69, 9.17) is 9.73 Å². The largest absolute Gasteiger partial charge is 0.380 e. The van der Waals surface area contributed by atoms with Gasteiger partial charge in [0, 0.05) is 18.7 Å². The molecule has 1 aromatic carbocycles. The van der Waals surface area contributed by atoms with Crippen molar-refractivity contribution < 1.29 is 4.74 Å². The minimum Gasteiger partial charge on any atom is -0.380 e. The van der Waals surface area contributed by atoms with Crippen LogP contribution in [0, 0.1) is 0 Å². The molecule has 0 fully saturated rings. The number of benzene rings is 1. The third-order valence-corrected chi connectivity index (χ3v) is 4.32. The number of nitrogens with zero attached hydrogens (tertiary/aromatic N) is 2. The monoisotopic (exact) mass is 302 g/mol. The van der Waals surface area contributed by atoms with Crippen molar-refractivity contribution in [1.29, 1.82) is 0 Å². The molecule has 0 atom stereocenters. The number of fused-ring (bicyclic) bond motifs is 1. The third-order valence-electron chi connectivity index (χ3n) is 4.32. The Morgan fingerprint density at radius 3 is 2.59 bits per heavy atom. The summed E-state index contributed by atoms with van der Waals surface area (Å²) >= 11 is 0. The first-order valence-electron chi connectivity index (χ1n) is 8.53. The van der Waals surface area contributed by atoms with Gasteiger partial charge in [-0.2, -0.15) is 0 Å². The average molecular weight is 302 g/mol. The summed E-state index contributed by atoms with van der Waals surface area (Å²) in [4.78, 5) is 7.33. The number of aliphatic imine (C=N–C) groups is 1. The molecular weight excluding hydrogens is 272 g/mol. The summed E-state index contributed by atoms with van der Waals surface area (Å²) < 4.78 is 5.83. The van der Waals surface area contributed by atoms with Gasteiger partial charge in [0.25, 0.3) is 0 Å². The van der Waals surface area contributed by atoms with Crippen molar-refractivity contribution in [3.05, 3.63) is 35.4 Å². The molecule has 1 aliphatic heterocycles. The Morgan fingerprint density at radius 1 is 1.14 bits per heavy atom. The minimum atomic E-state index is 0.00487. The molecule has 0 aromatic heterocycles. The fourth-order valence-electron chi connectivity index (χ4n) is 3.08. The van der Waals surface area contributed by atoms with Gasteiger partial charge in [0.1, 0.15) is 0 Å². The van der Waals surface area contributed by atoms with Crippen LogP contribution >= 0.6 is 0 Å². The van der Waals surface area contributed by atoms with Gasteiger partial charge in [0.15, 0.2) is 0 Å². The summed E-state index contributed by atoms with van der Waals surface area (Å²) in [5.41, 5.74) is 3.94. The first kappa shape index (κ1) is 17.2. The second kappa shape index (κ2) is 7.89. The smallest absolute Gasteiger partial charge is 0.0596 e. The SMILES string of the molecule is CCN(CC)CCOCCC1=NC(C)(C)Cc2ccccc21. The predicted molar refractivity (Wildman–Crippen MR) is 94.0 cm³/mol. The molecule has 22 heavy (non-hydrogen) atoms. The topological polar surface area (TPSA) is 24.8 Å². The molecule has 3 heteroatoms. The Kier molecular flexibility index (Phi) is 6.16. The van der Waals surface area contributed by atoms with Crippen LogP contribution in [0.15, 0.2) is 29.3 Å². The van der Waals surface area contributed by atoms with Crippen LogP contribution in [0.1, 0.15) is 45.2 Å². The first-order valence-corrected chi connectivity index (χ1v) is 8.53. The van der Waals surface area contributed by atoms with E-state index in [0.29, 0.717) is 0 Å². The Balaban J connectivity index is 1.87. The van der Waals surface area contributed by atoms with E-state index in [2.05, 4.69) is 56.9 Å². The summed E-state index contributed by atoms with van der Waals surface area (Å²) in [5.74, 6) is 0. The van der Waals surface area contributed by atoms with Crippen LogP contribution in [0.2, 0.25) is 0 Å². The lowest BCUT2D eigenvalue weighted by Crippen LogP contribution is -2.30. The van der Waals surface area contributed by atoms with E-state index < -0.39 is 0 Å². The first-order chi connectivity index (χ1) is 10.6. The normalized spacial score (nSPS) is 16.5. The molecule has 0 amide bonds. The number of hydrogen-bond acceptors (Lipinski definition) is 3. The van der Waals surface area contributed by atoms with E-state index in [1.165, 1.54) is 16.8 Å². The quantitative estimate of drug-likeness (QED) is 0.686. The molecule has 1 aromatic rings. The van der Waals surface area contributed by atoms with Gasteiger partial charge >= 0.3 is 0 Å². The molecule has 2 rings (SSSR count). The van der Waals surface area contributed by atoms with Crippen molar-refractivity contribution in [1.82, 2.24) is 4.90 Å². The van der Waals surface area contributed by atoms with Crippen molar-refractivity contribution in [2.24, 2.45) is 4.99 Å². The van der Waals surface area contributed by atoms with Crippen LogP contribution in [-0.4, -0.2) is 49.0 Å². The van der Waals surface area contributed by atoms with Gasteiger partial charge in [-0.3, -0.25) is 4.99 Å². The van der Waals surface area contributed by atoms with Crippen molar-refractivity contribution >= 4 is 5.71 Å². The number of hydrogen-bond donors (Lipinski definition) is 0. The number of rotatable bonds is 8. The molecule has 0 saturated heterocycles. The molecule has 0 N–H and O–H groups in total. The van der Waals surface area contributed by atoms with Crippen LogP contribution in [0.5, 0.6) is 0 Å². The number of ether oxygens (including phenoxy) is 1. The molecule has 0 bridgehead atoms. The Bertz CT molecular complexity index is 504. The van der Waals surface area contributed by atoms with E-state index in [1.54, 1.807) is 0 Å². The lowest BCUT2D eigenvalue weighted by molar-refractivity contribution is 0.112. The van der Waals surface area contributed by atoms with E-state index >= 15 is 0 Å². The molecule has 0 unspecified atom stereocenters. The molecular formula is C19H30N2O. The Hall–Kier alpha value is -1.19. The second-order valence-electron chi connectivity index (χ2n) is 6.59. The molecule has 0 spiro atoms.